The van der Waals surface area contributed by atoms with Crippen molar-refractivity contribution in [3.8, 4) is 11.5 Å². The lowest BCUT2D eigenvalue weighted by Gasteiger charge is -2.11. The number of hydrogen-bond donors (Lipinski definition) is 3. The third kappa shape index (κ3) is 5.82. The first kappa shape index (κ1) is 18.8. The fraction of sp³-hybridized carbons (Fsp3) is 0.167. The first-order valence-electron chi connectivity index (χ1n) is 7.74. The van der Waals surface area contributed by atoms with Crippen LogP contribution in [0.15, 0.2) is 47.6 Å². The SMILES string of the molecule is COc1cc(C=NNC(N)=O)ccc1OCC(=O)Nc1ccc(C)cc1. The quantitative estimate of drug-likeness (QED) is 0.520. The molecule has 0 radical (unpaired) electrons. The summed E-state index contributed by atoms with van der Waals surface area (Å²) in [7, 11) is 1.48. The lowest BCUT2D eigenvalue weighted by atomic mass is 10.2. The molecule has 8 nitrogen and oxygen atoms in total. The molecule has 0 bridgehead atoms. The molecule has 0 fully saturated rings. The predicted octanol–water partition coefficient (Wildman–Crippen LogP) is 2.02. The third-order valence-electron chi connectivity index (χ3n) is 3.27. The van der Waals surface area contributed by atoms with Crippen LogP contribution in [-0.4, -0.2) is 31.9 Å². The van der Waals surface area contributed by atoms with Crippen LogP contribution in [-0.2, 0) is 4.79 Å². The Morgan fingerprint density at radius 3 is 2.54 bits per heavy atom. The molecule has 0 aliphatic rings. The van der Waals surface area contributed by atoms with Gasteiger partial charge in [-0.15, -0.1) is 0 Å². The minimum absolute atomic E-state index is 0.166. The van der Waals surface area contributed by atoms with Crippen LogP contribution in [0.5, 0.6) is 11.5 Å². The number of hydrazone groups is 1. The van der Waals surface area contributed by atoms with Crippen LogP contribution in [0.3, 0.4) is 0 Å². The average Bonchev–Trinajstić information content (AvgIpc) is 2.62. The molecule has 8 heteroatoms. The zero-order chi connectivity index (χ0) is 18.9. The van der Waals surface area contributed by atoms with Gasteiger partial charge in [0.1, 0.15) is 0 Å². The number of amides is 3. The molecule has 0 saturated carbocycles. The first-order valence-corrected chi connectivity index (χ1v) is 7.74. The van der Waals surface area contributed by atoms with E-state index in [1.54, 1.807) is 18.2 Å². The van der Waals surface area contributed by atoms with Gasteiger partial charge in [0.2, 0.25) is 0 Å². The molecule has 0 aromatic heterocycles. The summed E-state index contributed by atoms with van der Waals surface area (Å²) >= 11 is 0. The zero-order valence-corrected chi connectivity index (χ0v) is 14.5. The molecule has 4 N–H and O–H groups in total. The number of nitrogens with two attached hydrogens (primary N) is 1. The molecule has 2 aromatic rings. The van der Waals surface area contributed by atoms with E-state index in [9.17, 15) is 9.59 Å². The number of methoxy groups -OCH3 is 1. The second-order valence-corrected chi connectivity index (χ2v) is 5.35. The topological polar surface area (TPSA) is 115 Å². The molecular weight excluding hydrogens is 336 g/mol. The van der Waals surface area contributed by atoms with E-state index in [0.717, 1.165) is 5.56 Å². The predicted molar refractivity (Wildman–Crippen MR) is 98.6 cm³/mol. The van der Waals surface area contributed by atoms with Crippen molar-refractivity contribution in [3.05, 3.63) is 53.6 Å². The Labute approximate surface area is 151 Å². The Morgan fingerprint density at radius 2 is 1.88 bits per heavy atom. The third-order valence-corrected chi connectivity index (χ3v) is 3.27. The Balaban J connectivity index is 1.95. The van der Waals surface area contributed by atoms with Crippen molar-refractivity contribution in [1.29, 1.82) is 0 Å². The van der Waals surface area contributed by atoms with Crippen molar-refractivity contribution in [2.45, 2.75) is 6.92 Å². The monoisotopic (exact) mass is 356 g/mol. The molecule has 26 heavy (non-hydrogen) atoms. The van der Waals surface area contributed by atoms with Gasteiger partial charge < -0.3 is 20.5 Å². The first-order chi connectivity index (χ1) is 12.5. The van der Waals surface area contributed by atoms with Crippen LogP contribution in [0, 0.1) is 6.92 Å². The second-order valence-electron chi connectivity index (χ2n) is 5.35. The maximum atomic E-state index is 12.0. The minimum Gasteiger partial charge on any atom is -0.493 e. The molecule has 2 rings (SSSR count). The molecule has 136 valence electrons. The van der Waals surface area contributed by atoms with Crippen molar-refractivity contribution in [3.63, 3.8) is 0 Å². The van der Waals surface area contributed by atoms with Crippen LogP contribution >= 0.6 is 0 Å². The maximum Gasteiger partial charge on any atom is 0.332 e. The molecule has 0 aliphatic carbocycles. The number of urea groups is 1. The second kappa shape index (κ2) is 9.07. The van der Waals surface area contributed by atoms with Gasteiger partial charge >= 0.3 is 6.03 Å². The Hall–Kier alpha value is -3.55. The van der Waals surface area contributed by atoms with Crippen molar-refractivity contribution < 1.29 is 19.1 Å². The van der Waals surface area contributed by atoms with Gasteiger partial charge in [0.05, 0.1) is 13.3 Å². The summed E-state index contributed by atoms with van der Waals surface area (Å²) in [5, 5.41) is 6.41. The lowest BCUT2D eigenvalue weighted by molar-refractivity contribution is -0.118. The van der Waals surface area contributed by atoms with Crippen LogP contribution in [0.4, 0.5) is 10.5 Å². The summed E-state index contributed by atoms with van der Waals surface area (Å²) in [6.45, 7) is 1.81. The fourth-order valence-electron chi connectivity index (χ4n) is 2.03. The van der Waals surface area contributed by atoms with E-state index >= 15 is 0 Å². The summed E-state index contributed by atoms with van der Waals surface area (Å²) in [5.41, 5.74) is 9.48. The summed E-state index contributed by atoms with van der Waals surface area (Å²) in [6, 6.07) is 11.7. The van der Waals surface area contributed by atoms with Gasteiger partial charge in [-0.1, -0.05) is 17.7 Å². The van der Waals surface area contributed by atoms with Crippen LogP contribution in [0.25, 0.3) is 0 Å². The van der Waals surface area contributed by atoms with Gasteiger partial charge in [-0.2, -0.15) is 5.10 Å². The van der Waals surface area contributed by atoms with Gasteiger partial charge in [0.15, 0.2) is 18.1 Å². The molecular formula is C18H20N4O4. The van der Waals surface area contributed by atoms with Crippen LogP contribution in [0.1, 0.15) is 11.1 Å². The molecule has 0 saturated heterocycles. The normalized spacial score (nSPS) is 10.4. The highest BCUT2D eigenvalue weighted by molar-refractivity contribution is 5.92. The highest BCUT2D eigenvalue weighted by Gasteiger charge is 2.09. The van der Waals surface area contributed by atoms with E-state index < -0.39 is 6.03 Å². The van der Waals surface area contributed by atoms with Gasteiger partial charge in [-0.05, 0) is 42.8 Å². The Kier molecular flexibility index (Phi) is 6.55. The summed E-state index contributed by atoms with van der Waals surface area (Å²) in [4.78, 5) is 22.6. The number of carbonyl (C=O) groups is 2. The van der Waals surface area contributed by atoms with E-state index in [0.29, 0.717) is 22.7 Å². The Morgan fingerprint density at radius 1 is 1.15 bits per heavy atom. The summed E-state index contributed by atoms with van der Waals surface area (Å²) < 4.78 is 10.8. The van der Waals surface area contributed by atoms with Crippen LogP contribution in [0.2, 0.25) is 0 Å². The van der Waals surface area contributed by atoms with E-state index in [4.69, 9.17) is 15.2 Å². The highest BCUT2D eigenvalue weighted by atomic mass is 16.5. The summed E-state index contributed by atoms with van der Waals surface area (Å²) in [5.74, 6) is 0.551. The fourth-order valence-corrected chi connectivity index (χ4v) is 2.03. The minimum atomic E-state index is -0.757. The van der Waals surface area contributed by atoms with E-state index in [-0.39, 0.29) is 12.5 Å². The van der Waals surface area contributed by atoms with Crippen LogP contribution < -0.4 is 25.9 Å². The zero-order valence-electron chi connectivity index (χ0n) is 14.5. The van der Waals surface area contributed by atoms with Gasteiger partial charge in [0.25, 0.3) is 5.91 Å². The lowest BCUT2D eigenvalue weighted by Crippen LogP contribution is -2.24. The largest absolute Gasteiger partial charge is 0.493 e. The molecule has 0 unspecified atom stereocenters. The van der Waals surface area contributed by atoms with Crippen molar-refractivity contribution >= 4 is 23.8 Å². The van der Waals surface area contributed by atoms with Crippen molar-refractivity contribution in [1.82, 2.24) is 5.43 Å². The number of benzene rings is 2. The number of ether oxygens (including phenoxy) is 2. The van der Waals surface area contributed by atoms with Crippen molar-refractivity contribution in [2.24, 2.45) is 10.8 Å². The molecule has 2 aromatic carbocycles. The maximum absolute atomic E-state index is 12.0. The highest BCUT2D eigenvalue weighted by Crippen LogP contribution is 2.27. The smallest absolute Gasteiger partial charge is 0.332 e. The Bertz CT molecular complexity index is 803. The molecule has 0 heterocycles. The van der Waals surface area contributed by atoms with E-state index in [1.165, 1.54) is 13.3 Å². The number of hydrogen-bond acceptors (Lipinski definition) is 5. The molecule has 3 amide bonds. The number of primary amides is 1. The molecule has 0 spiro atoms. The summed E-state index contributed by atoms with van der Waals surface area (Å²) in [6.07, 6.45) is 1.40. The number of aryl methyl sites for hydroxylation is 1. The molecule has 0 atom stereocenters. The number of anilines is 1. The van der Waals surface area contributed by atoms with Gasteiger partial charge in [-0.3, -0.25) is 4.79 Å². The number of nitrogens with one attached hydrogen (secondary N) is 2. The van der Waals surface area contributed by atoms with Crippen molar-refractivity contribution in [2.75, 3.05) is 19.0 Å². The molecule has 0 aliphatic heterocycles. The van der Waals surface area contributed by atoms with E-state index in [1.807, 2.05) is 31.2 Å². The number of carbonyl (C=O) groups excluding carboxylic acids is 2. The number of nitrogens with zero attached hydrogens (tertiary/aromatic N) is 1. The van der Waals surface area contributed by atoms with Gasteiger partial charge in [-0.25, -0.2) is 10.2 Å². The number of rotatable bonds is 7. The standard InChI is InChI=1S/C18H20N4O4/c1-12-3-6-14(7-4-12)21-17(23)11-26-15-8-5-13(9-16(15)25-2)10-20-22-18(19)24/h3-10H,11H2,1-2H3,(H,21,23)(H3,19,22,24). The van der Waals surface area contributed by atoms with E-state index in [2.05, 4.69) is 15.8 Å². The van der Waals surface area contributed by atoms with Gasteiger partial charge in [0, 0.05) is 5.69 Å². The average molecular weight is 356 g/mol.